The molecule has 0 aromatic carbocycles. The number of rotatable bonds is 6. The molecule has 0 amide bonds. The first-order valence-corrected chi connectivity index (χ1v) is 7.71. The van der Waals surface area contributed by atoms with Crippen molar-refractivity contribution in [1.82, 2.24) is 10.2 Å². The summed E-state index contributed by atoms with van der Waals surface area (Å²) in [4.78, 5) is 13.8. The summed E-state index contributed by atoms with van der Waals surface area (Å²) in [6.45, 7) is 4.39. The number of likely N-dealkylation sites (tertiary alicyclic amines) is 1. The third-order valence-electron chi connectivity index (χ3n) is 4.82. The van der Waals surface area contributed by atoms with Crippen LogP contribution in [0.3, 0.4) is 0 Å². The third kappa shape index (κ3) is 3.54. The molecule has 2 aliphatic heterocycles. The van der Waals surface area contributed by atoms with Gasteiger partial charge in [0.2, 0.25) is 0 Å². The maximum Gasteiger partial charge on any atom is 0.325 e. The van der Waals surface area contributed by atoms with Gasteiger partial charge in [-0.15, -0.1) is 0 Å². The number of nitrogens with two attached hydrogens (primary N) is 1. The Balaban J connectivity index is 1.94. The van der Waals surface area contributed by atoms with Gasteiger partial charge in [0.1, 0.15) is 5.54 Å². The lowest BCUT2D eigenvalue weighted by molar-refractivity contribution is -0.144. The number of aliphatic carboxylic acids is 1. The van der Waals surface area contributed by atoms with E-state index in [1.165, 1.54) is 12.8 Å². The fourth-order valence-corrected chi connectivity index (χ4v) is 3.56. The molecule has 2 heterocycles. The van der Waals surface area contributed by atoms with E-state index in [0.29, 0.717) is 18.8 Å². The molecule has 0 aromatic rings. The van der Waals surface area contributed by atoms with Crippen LogP contribution in [0.1, 0.15) is 25.7 Å². The van der Waals surface area contributed by atoms with Gasteiger partial charge in [0.15, 0.2) is 0 Å². The molecule has 5 nitrogen and oxygen atoms in total. The maximum atomic E-state index is 11.5. The maximum absolute atomic E-state index is 11.5. The summed E-state index contributed by atoms with van der Waals surface area (Å²) >= 11 is 0. The van der Waals surface area contributed by atoms with Crippen molar-refractivity contribution in [2.45, 2.75) is 37.5 Å². The van der Waals surface area contributed by atoms with E-state index < -0.39 is 11.5 Å². The standard InChI is InChI=1S/C14H26BN3O2/c15-5-1-2-12-9-18(10-14(12,16)13(19)20)8-11-3-6-17-7-4-11/h11-12,17H,1-10,16H2,(H,19,20)/t12-,14-/m0/s1. The van der Waals surface area contributed by atoms with Crippen molar-refractivity contribution >= 4 is 13.8 Å². The van der Waals surface area contributed by atoms with Crippen LogP contribution in [0.15, 0.2) is 0 Å². The van der Waals surface area contributed by atoms with Gasteiger partial charge in [0.25, 0.3) is 0 Å². The molecule has 0 aliphatic carbocycles. The first-order chi connectivity index (χ1) is 9.56. The fourth-order valence-electron chi connectivity index (χ4n) is 3.56. The Bertz CT molecular complexity index is 336. The molecule has 0 spiro atoms. The lowest BCUT2D eigenvalue weighted by Crippen LogP contribution is -2.55. The molecule has 4 N–H and O–H groups in total. The van der Waals surface area contributed by atoms with E-state index in [9.17, 15) is 9.90 Å². The van der Waals surface area contributed by atoms with Crippen LogP contribution in [-0.4, -0.2) is 62.1 Å². The van der Waals surface area contributed by atoms with E-state index in [1.54, 1.807) is 0 Å². The van der Waals surface area contributed by atoms with Crippen molar-refractivity contribution < 1.29 is 9.90 Å². The van der Waals surface area contributed by atoms with E-state index in [-0.39, 0.29) is 5.92 Å². The first kappa shape index (κ1) is 15.8. The summed E-state index contributed by atoms with van der Waals surface area (Å²) in [5, 5.41) is 12.8. The SMILES string of the molecule is [B]CCC[C@H]1CN(CC2CCNCC2)C[C@@]1(N)C(=O)O. The molecule has 2 aliphatic rings. The quantitative estimate of drug-likeness (QED) is 0.600. The second-order valence-electron chi connectivity index (χ2n) is 6.36. The fraction of sp³-hybridized carbons (Fsp3) is 0.929. The van der Waals surface area contributed by atoms with Crippen LogP contribution in [0.25, 0.3) is 0 Å². The van der Waals surface area contributed by atoms with Crippen molar-refractivity contribution in [2.75, 3.05) is 32.7 Å². The number of nitrogens with zero attached hydrogens (tertiary/aromatic N) is 1. The summed E-state index contributed by atoms with van der Waals surface area (Å²) in [7, 11) is 5.55. The first-order valence-electron chi connectivity index (χ1n) is 7.71. The van der Waals surface area contributed by atoms with Crippen molar-refractivity contribution in [3.8, 4) is 0 Å². The monoisotopic (exact) mass is 279 g/mol. The second-order valence-corrected chi connectivity index (χ2v) is 6.36. The van der Waals surface area contributed by atoms with Crippen LogP contribution in [0, 0.1) is 11.8 Å². The predicted octanol–water partition coefficient (Wildman–Crippen LogP) is 0.0669. The lowest BCUT2D eigenvalue weighted by Gasteiger charge is -2.28. The Morgan fingerprint density at radius 1 is 1.45 bits per heavy atom. The van der Waals surface area contributed by atoms with Crippen molar-refractivity contribution in [2.24, 2.45) is 17.6 Å². The summed E-state index contributed by atoms with van der Waals surface area (Å²) in [5.74, 6) is -0.180. The zero-order valence-electron chi connectivity index (χ0n) is 12.2. The second kappa shape index (κ2) is 6.92. The van der Waals surface area contributed by atoms with E-state index in [0.717, 1.165) is 39.0 Å². The van der Waals surface area contributed by atoms with Gasteiger partial charge in [0, 0.05) is 25.6 Å². The van der Waals surface area contributed by atoms with Crippen LogP contribution in [0.5, 0.6) is 0 Å². The Labute approximate surface area is 122 Å². The van der Waals surface area contributed by atoms with Gasteiger partial charge in [0.05, 0.1) is 7.85 Å². The normalized spacial score (nSPS) is 32.5. The van der Waals surface area contributed by atoms with E-state index in [1.807, 2.05) is 0 Å². The van der Waals surface area contributed by atoms with Gasteiger partial charge >= 0.3 is 5.97 Å². The van der Waals surface area contributed by atoms with Crippen LogP contribution in [0.4, 0.5) is 0 Å². The number of carboxylic acids is 1. The summed E-state index contributed by atoms with van der Waals surface area (Å²) < 4.78 is 0. The highest BCUT2D eigenvalue weighted by atomic mass is 16.4. The van der Waals surface area contributed by atoms with Gasteiger partial charge in [-0.2, -0.15) is 0 Å². The van der Waals surface area contributed by atoms with E-state index >= 15 is 0 Å². The Morgan fingerprint density at radius 2 is 2.15 bits per heavy atom. The molecule has 2 saturated heterocycles. The number of piperidine rings is 1. The molecule has 2 atom stereocenters. The zero-order valence-corrected chi connectivity index (χ0v) is 12.2. The largest absolute Gasteiger partial charge is 0.480 e. The minimum absolute atomic E-state index is 0.0188. The predicted molar refractivity (Wildman–Crippen MR) is 79.9 cm³/mol. The van der Waals surface area contributed by atoms with Crippen LogP contribution in [0.2, 0.25) is 6.32 Å². The Morgan fingerprint density at radius 3 is 2.75 bits per heavy atom. The molecule has 2 rings (SSSR count). The van der Waals surface area contributed by atoms with Crippen LogP contribution < -0.4 is 11.1 Å². The summed E-state index contributed by atoms with van der Waals surface area (Å²) in [5.41, 5.74) is 5.09. The molecule has 20 heavy (non-hydrogen) atoms. The molecule has 6 heteroatoms. The van der Waals surface area contributed by atoms with Crippen molar-refractivity contribution in [1.29, 1.82) is 0 Å². The average molecular weight is 279 g/mol. The average Bonchev–Trinajstić information content (AvgIpc) is 2.75. The van der Waals surface area contributed by atoms with E-state index in [2.05, 4.69) is 10.2 Å². The van der Waals surface area contributed by atoms with Gasteiger partial charge in [-0.1, -0.05) is 12.7 Å². The zero-order chi connectivity index (χ0) is 14.6. The van der Waals surface area contributed by atoms with Crippen molar-refractivity contribution in [3.63, 3.8) is 0 Å². The molecule has 2 radical (unpaired) electrons. The summed E-state index contributed by atoms with van der Waals surface area (Å²) in [6.07, 6.45) is 4.60. The van der Waals surface area contributed by atoms with E-state index in [4.69, 9.17) is 13.6 Å². The number of hydrogen-bond donors (Lipinski definition) is 3. The highest BCUT2D eigenvalue weighted by Crippen LogP contribution is 2.31. The van der Waals surface area contributed by atoms with Crippen LogP contribution >= 0.6 is 0 Å². The number of carboxylic acid groups (broad SMARTS) is 1. The van der Waals surface area contributed by atoms with Gasteiger partial charge in [-0.3, -0.25) is 4.79 Å². The Hall–Kier alpha value is -0.585. The number of hydrogen-bond acceptors (Lipinski definition) is 4. The smallest absolute Gasteiger partial charge is 0.325 e. The van der Waals surface area contributed by atoms with Gasteiger partial charge < -0.3 is 21.1 Å². The molecule has 0 unspecified atom stereocenters. The lowest BCUT2D eigenvalue weighted by atomic mass is 9.83. The highest BCUT2D eigenvalue weighted by Gasteiger charge is 2.49. The van der Waals surface area contributed by atoms with Crippen molar-refractivity contribution in [3.05, 3.63) is 0 Å². The molecule has 0 saturated carbocycles. The van der Waals surface area contributed by atoms with Gasteiger partial charge in [-0.25, -0.2) is 0 Å². The van der Waals surface area contributed by atoms with Gasteiger partial charge in [-0.05, 0) is 38.3 Å². The molecular weight excluding hydrogens is 253 g/mol. The minimum Gasteiger partial charge on any atom is -0.480 e. The molecule has 112 valence electrons. The van der Waals surface area contributed by atoms with Crippen LogP contribution in [-0.2, 0) is 4.79 Å². The number of nitrogens with one attached hydrogen (secondary N) is 1. The topological polar surface area (TPSA) is 78.6 Å². The summed E-state index contributed by atoms with van der Waals surface area (Å²) in [6, 6.07) is 0. The Kier molecular flexibility index (Phi) is 5.46. The number of carbonyl (C=O) groups is 1. The molecule has 2 fully saturated rings. The highest BCUT2D eigenvalue weighted by molar-refractivity contribution is 6.08. The third-order valence-corrected chi connectivity index (χ3v) is 4.82. The molecular formula is C14H26BN3O2. The molecule has 0 bridgehead atoms. The minimum atomic E-state index is -1.10. The molecule has 0 aromatic heterocycles.